The van der Waals surface area contributed by atoms with Crippen LogP contribution < -0.4 is 10.6 Å². The Balaban J connectivity index is 1.79. The van der Waals surface area contributed by atoms with E-state index >= 15 is 0 Å². The molecule has 3 rings (SSSR count). The lowest BCUT2D eigenvalue weighted by molar-refractivity contribution is -0.120. The minimum Gasteiger partial charge on any atom is -0.353 e. The van der Waals surface area contributed by atoms with Crippen LogP contribution in [0.5, 0.6) is 0 Å². The van der Waals surface area contributed by atoms with Crippen molar-refractivity contribution in [3.05, 3.63) is 18.0 Å². The molecule has 6 heteroatoms. The predicted molar refractivity (Wildman–Crippen MR) is 57.7 cm³/mol. The molecule has 0 bridgehead atoms. The Morgan fingerprint density at radius 3 is 3.00 bits per heavy atom. The molecule has 0 aromatic carbocycles. The maximum atomic E-state index is 11.7. The van der Waals surface area contributed by atoms with Crippen LogP contribution >= 0.6 is 0 Å². The summed E-state index contributed by atoms with van der Waals surface area (Å²) >= 11 is 0. The van der Waals surface area contributed by atoms with Gasteiger partial charge in [0.2, 0.25) is 0 Å². The fourth-order valence-corrected chi connectivity index (χ4v) is 1.71. The highest BCUT2D eigenvalue weighted by Crippen LogP contribution is 2.22. The first-order valence-electron chi connectivity index (χ1n) is 5.36. The van der Waals surface area contributed by atoms with E-state index < -0.39 is 6.04 Å². The molecule has 2 aliphatic rings. The SMILES string of the molecule is Cn1cc(C2N=C(NC3CC3)NC2=O)cn1. The van der Waals surface area contributed by atoms with Crippen LogP contribution in [-0.4, -0.2) is 27.7 Å². The van der Waals surface area contributed by atoms with Gasteiger partial charge in [-0.2, -0.15) is 5.10 Å². The summed E-state index contributed by atoms with van der Waals surface area (Å²) in [5, 5.41) is 9.97. The standard InChI is InChI=1S/C10H13N5O/c1-15-5-6(4-11-15)8-9(16)14-10(13-8)12-7-2-3-7/h4-5,7-8H,2-3H2,1H3,(H2,12,13,14,16). The summed E-state index contributed by atoms with van der Waals surface area (Å²) in [6.07, 6.45) is 5.81. The van der Waals surface area contributed by atoms with Crippen LogP contribution in [-0.2, 0) is 11.8 Å². The Kier molecular flexibility index (Phi) is 1.95. The quantitative estimate of drug-likeness (QED) is 0.717. The van der Waals surface area contributed by atoms with Gasteiger partial charge in [-0.1, -0.05) is 0 Å². The van der Waals surface area contributed by atoms with Gasteiger partial charge in [0.1, 0.15) is 0 Å². The summed E-state index contributed by atoms with van der Waals surface area (Å²) in [6, 6.07) is 0.0432. The molecule has 1 aromatic heterocycles. The second-order valence-corrected chi connectivity index (χ2v) is 4.24. The number of guanidine groups is 1. The minimum absolute atomic E-state index is 0.0869. The van der Waals surface area contributed by atoms with E-state index in [4.69, 9.17) is 0 Å². The fourth-order valence-electron chi connectivity index (χ4n) is 1.71. The zero-order valence-corrected chi connectivity index (χ0v) is 8.97. The Labute approximate surface area is 92.7 Å². The highest BCUT2D eigenvalue weighted by molar-refractivity contribution is 6.05. The number of carbonyl (C=O) groups excluding carboxylic acids is 1. The van der Waals surface area contributed by atoms with Crippen LogP contribution in [0.1, 0.15) is 24.4 Å². The first kappa shape index (κ1) is 9.38. The monoisotopic (exact) mass is 219 g/mol. The number of aromatic nitrogens is 2. The van der Waals surface area contributed by atoms with Crippen molar-refractivity contribution < 1.29 is 4.79 Å². The topological polar surface area (TPSA) is 71.3 Å². The van der Waals surface area contributed by atoms with Crippen molar-refractivity contribution in [2.75, 3.05) is 0 Å². The molecule has 2 heterocycles. The molecule has 84 valence electrons. The lowest BCUT2D eigenvalue weighted by Crippen LogP contribution is -2.37. The van der Waals surface area contributed by atoms with E-state index in [1.165, 1.54) is 0 Å². The lowest BCUT2D eigenvalue weighted by atomic mass is 10.2. The number of rotatable bonds is 2. The molecule has 1 aliphatic carbocycles. The number of hydrogen-bond donors (Lipinski definition) is 2. The number of aryl methyl sites for hydroxylation is 1. The molecule has 0 radical (unpaired) electrons. The van der Waals surface area contributed by atoms with Crippen molar-refractivity contribution in [2.45, 2.75) is 24.9 Å². The summed E-state index contributed by atoms with van der Waals surface area (Å²) in [6.45, 7) is 0. The summed E-state index contributed by atoms with van der Waals surface area (Å²) in [5.41, 5.74) is 0.826. The average molecular weight is 219 g/mol. The number of nitrogens with one attached hydrogen (secondary N) is 2. The molecule has 1 fully saturated rings. The van der Waals surface area contributed by atoms with Crippen molar-refractivity contribution in [1.29, 1.82) is 0 Å². The zero-order valence-electron chi connectivity index (χ0n) is 8.97. The Morgan fingerprint density at radius 2 is 2.38 bits per heavy atom. The van der Waals surface area contributed by atoms with Gasteiger partial charge in [0.25, 0.3) is 5.91 Å². The number of hydrogen-bond acceptors (Lipinski definition) is 4. The maximum absolute atomic E-state index is 11.7. The molecule has 0 spiro atoms. The third kappa shape index (κ3) is 1.66. The van der Waals surface area contributed by atoms with Gasteiger partial charge in [-0.05, 0) is 12.8 Å². The lowest BCUT2D eigenvalue weighted by Gasteiger charge is -2.01. The van der Waals surface area contributed by atoms with E-state index in [0.29, 0.717) is 12.0 Å². The smallest absolute Gasteiger partial charge is 0.256 e. The van der Waals surface area contributed by atoms with Crippen molar-refractivity contribution >= 4 is 11.9 Å². The van der Waals surface area contributed by atoms with Gasteiger partial charge in [-0.25, -0.2) is 4.99 Å². The molecule has 1 amide bonds. The largest absolute Gasteiger partial charge is 0.353 e. The maximum Gasteiger partial charge on any atom is 0.256 e. The van der Waals surface area contributed by atoms with Crippen molar-refractivity contribution in [3.8, 4) is 0 Å². The van der Waals surface area contributed by atoms with Crippen molar-refractivity contribution in [1.82, 2.24) is 20.4 Å². The third-order valence-corrected chi connectivity index (χ3v) is 2.71. The van der Waals surface area contributed by atoms with E-state index in [9.17, 15) is 4.79 Å². The van der Waals surface area contributed by atoms with Crippen LogP contribution in [0.3, 0.4) is 0 Å². The number of aliphatic imine (C=N–C) groups is 1. The zero-order chi connectivity index (χ0) is 11.1. The molecule has 6 nitrogen and oxygen atoms in total. The van der Waals surface area contributed by atoms with E-state index in [1.54, 1.807) is 10.9 Å². The van der Waals surface area contributed by atoms with Crippen molar-refractivity contribution in [3.63, 3.8) is 0 Å². The van der Waals surface area contributed by atoms with Gasteiger partial charge in [0.15, 0.2) is 12.0 Å². The molecule has 1 saturated carbocycles. The molecule has 16 heavy (non-hydrogen) atoms. The molecule has 1 atom stereocenters. The normalized spacial score (nSPS) is 24.2. The Morgan fingerprint density at radius 1 is 1.56 bits per heavy atom. The summed E-state index contributed by atoms with van der Waals surface area (Å²) in [7, 11) is 1.82. The van der Waals surface area contributed by atoms with E-state index in [-0.39, 0.29) is 5.91 Å². The molecule has 2 N–H and O–H groups in total. The van der Waals surface area contributed by atoms with Crippen LogP contribution in [0.2, 0.25) is 0 Å². The van der Waals surface area contributed by atoms with Gasteiger partial charge < -0.3 is 5.32 Å². The molecular weight excluding hydrogens is 206 g/mol. The number of carbonyl (C=O) groups is 1. The second kappa shape index (κ2) is 3.33. The molecular formula is C10H13N5O. The Hall–Kier alpha value is -1.85. The molecule has 1 aromatic rings. The first-order valence-corrected chi connectivity index (χ1v) is 5.36. The Bertz CT molecular complexity index is 460. The van der Waals surface area contributed by atoms with Gasteiger partial charge in [-0.15, -0.1) is 0 Å². The average Bonchev–Trinajstić information content (AvgIpc) is 2.82. The predicted octanol–water partition coefficient (Wildman–Crippen LogP) is -0.301. The van der Waals surface area contributed by atoms with Gasteiger partial charge in [0, 0.05) is 24.8 Å². The highest BCUT2D eigenvalue weighted by atomic mass is 16.2. The summed E-state index contributed by atoms with van der Waals surface area (Å²) in [4.78, 5) is 16.0. The van der Waals surface area contributed by atoms with E-state index in [2.05, 4.69) is 20.7 Å². The van der Waals surface area contributed by atoms with Gasteiger partial charge in [-0.3, -0.25) is 14.8 Å². The third-order valence-electron chi connectivity index (χ3n) is 2.71. The van der Waals surface area contributed by atoms with Gasteiger partial charge >= 0.3 is 0 Å². The summed E-state index contributed by atoms with van der Waals surface area (Å²) < 4.78 is 1.67. The van der Waals surface area contributed by atoms with Gasteiger partial charge in [0.05, 0.1) is 6.20 Å². The van der Waals surface area contributed by atoms with Crippen LogP contribution in [0.4, 0.5) is 0 Å². The first-order chi connectivity index (χ1) is 7.72. The molecule has 0 saturated heterocycles. The minimum atomic E-state index is -0.449. The van der Waals surface area contributed by atoms with Crippen LogP contribution in [0.25, 0.3) is 0 Å². The molecule has 1 aliphatic heterocycles. The number of amides is 1. The molecule has 1 unspecified atom stereocenters. The van der Waals surface area contributed by atoms with E-state index in [0.717, 1.165) is 18.4 Å². The second-order valence-electron chi connectivity index (χ2n) is 4.24. The van der Waals surface area contributed by atoms with Crippen LogP contribution in [0.15, 0.2) is 17.4 Å². The fraction of sp³-hybridized carbons (Fsp3) is 0.500. The van der Waals surface area contributed by atoms with Crippen LogP contribution in [0, 0.1) is 0 Å². The summed E-state index contributed by atoms with van der Waals surface area (Å²) in [5.74, 6) is 0.512. The highest BCUT2D eigenvalue weighted by Gasteiger charge is 2.31. The van der Waals surface area contributed by atoms with Crippen molar-refractivity contribution in [2.24, 2.45) is 12.0 Å². The van der Waals surface area contributed by atoms with E-state index in [1.807, 2.05) is 13.2 Å². The number of nitrogens with zero attached hydrogens (tertiary/aromatic N) is 3.